The van der Waals surface area contributed by atoms with Gasteiger partial charge in [0, 0.05) is 23.0 Å². The van der Waals surface area contributed by atoms with Crippen molar-refractivity contribution in [1.29, 1.82) is 0 Å². The predicted octanol–water partition coefficient (Wildman–Crippen LogP) is 2.42. The van der Waals surface area contributed by atoms with Gasteiger partial charge in [0.1, 0.15) is 34.1 Å². The van der Waals surface area contributed by atoms with E-state index in [-0.39, 0.29) is 46.6 Å². The van der Waals surface area contributed by atoms with Crippen molar-refractivity contribution in [1.82, 2.24) is 0 Å². The average Bonchev–Trinajstić information content (AvgIpc) is 3.55. The number of ketones is 2. The van der Waals surface area contributed by atoms with E-state index in [4.69, 9.17) is 28.4 Å². The molecule has 6 atom stereocenters. The molecule has 0 aliphatic carbocycles. The second kappa shape index (κ2) is 10.7. The molecule has 242 valence electrons. The number of Topliss-reactive ketones (excluding diaryl/α,β-unsaturated/α-hetero) is 2. The molecule has 2 fully saturated rings. The maximum absolute atomic E-state index is 13.6. The monoisotopic (exact) mass is 638 g/mol. The van der Waals surface area contributed by atoms with E-state index in [1.165, 1.54) is 24.3 Å². The minimum absolute atomic E-state index is 0.00360. The standard InChI is InChI=1S/C32H30O14/c1-13-9-21(35)43-27(13)31(29(39)41-3)11-17(33)23-19(45-31)7-5-15(25(23)37)16-6-8-20-24(26(16)38)18(34)12-32(46-20,30(40)42-4)28-14(2)10-22(36)44-28/h5-8,13-14,27-28,37-38H,9-12H2,1-4H3/t13-,14-,27-,28-,31+,32+/m1/s1. The first-order valence-electron chi connectivity index (χ1n) is 14.5. The molecular formula is C32H30O14. The number of aromatic hydroxyl groups is 2. The third kappa shape index (κ3) is 4.37. The second-order valence-electron chi connectivity index (χ2n) is 12.0. The number of ether oxygens (including phenoxy) is 6. The molecule has 4 aliphatic rings. The van der Waals surface area contributed by atoms with E-state index in [1.54, 1.807) is 13.8 Å². The molecule has 14 heteroatoms. The van der Waals surface area contributed by atoms with Crippen molar-refractivity contribution in [3.8, 4) is 34.1 Å². The highest BCUT2D eigenvalue weighted by Crippen LogP contribution is 2.51. The van der Waals surface area contributed by atoms with Gasteiger partial charge in [-0.05, 0) is 24.3 Å². The fourth-order valence-electron chi connectivity index (χ4n) is 6.99. The van der Waals surface area contributed by atoms with Gasteiger partial charge in [-0.25, -0.2) is 9.59 Å². The van der Waals surface area contributed by atoms with E-state index >= 15 is 0 Å². The number of phenolic OH excluding ortho intramolecular Hbond substituents is 2. The lowest BCUT2D eigenvalue weighted by Gasteiger charge is -2.40. The molecule has 2 N–H and O–H groups in total. The van der Waals surface area contributed by atoms with E-state index in [0.717, 1.165) is 14.2 Å². The van der Waals surface area contributed by atoms with Crippen LogP contribution in [0.25, 0.3) is 11.1 Å². The van der Waals surface area contributed by atoms with E-state index in [9.17, 15) is 39.0 Å². The van der Waals surface area contributed by atoms with Crippen LogP contribution in [0.5, 0.6) is 23.0 Å². The molecule has 4 aliphatic heterocycles. The van der Waals surface area contributed by atoms with Crippen molar-refractivity contribution >= 4 is 35.4 Å². The number of benzene rings is 2. The first kappa shape index (κ1) is 30.9. The Balaban J connectivity index is 1.39. The quantitative estimate of drug-likeness (QED) is 0.357. The molecule has 6 rings (SSSR count). The van der Waals surface area contributed by atoms with Crippen LogP contribution in [0.2, 0.25) is 0 Å². The van der Waals surface area contributed by atoms with Crippen LogP contribution in [0.1, 0.15) is 60.2 Å². The number of phenols is 2. The molecular weight excluding hydrogens is 608 g/mol. The fraction of sp³-hybridized carbons (Fsp3) is 0.438. The Labute approximate surface area is 261 Å². The first-order valence-corrected chi connectivity index (χ1v) is 14.5. The van der Waals surface area contributed by atoms with Crippen LogP contribution in [0.3, 0.4) is 0 Å². The third-order valence-electron chi connectivity index (χ3n) is 9.07. The second-order valence-corrected chi connectivity index (χ2v) is 12.0. The van der Waals surface area contributed by atoms with Gasteiger partial charge in [0.05, 0.1) is 39.9 Å². The summed E-state index contributed by atoms with van der Waals surface area (Å²) in [4.78, 5) is 77.2. The van der Waals surface area contributed by atoms with Crippen molar-refractivity contribution in [2.24, 2.45) is 11.8 Å². The largest absolute Gasteiger partial charge is 0.506 e. The number of carbonyl (C=O) groups excluding carboxylic acids is 6. The molecule has 0 unspecified atom stereocenters. The Morgan fingerprint density at radius 1 is 0.696 bits per heavy atom. The molecule has 0 radical (unpaired) electrons. The Bertz CT molecular complexity index is 1600. The van der Waals surface area contributed by atoms with Crippen LogP contribution in [-0.4, -0.2) is 83.3 Å². The van der Waals surface area contributed by atoms with E-state index in [2.05, 4.69) is 0 Å². The summed E-state index contributed by atoms with van der Waals surface area (Å²) in [6.45, 7) is 3.34. The predicted molar refractivity (Wildman–Crippen MR) is 151 cm³/mol. The summed E-state index contributed by atoms with van der Waals surface area (Å²) in [5.41, 5.74) is -4.69. The van der Waals surface area contributed by atoms with Crippen LogP contribution in [-0.2, 0) is 38.1 Å². The highest BCUT2D eigenvalue weighted by atomic mass is 16.6. The summed E-state index contributed by atoms with van der Waals surface area (Å²) in [6.07, 6.45) is -3.49. The minimum atomic E-state index is -1.99. The molecule has 0 amide bonds. The zero-order chi connectivity index (χ0) is 33.3. The number of cyclic esters (lactones) is 2. The first-order chi connectivity index (χ1) is 21.8. The van der Waals surface area contributed by atoms with Crippen LogP contribution in [0.15, 0.2) is 24.3 Å². The molecule has 14 nitrogen and oxygen atoms in total. The Morgan fingerprint density at radius 3 is 1.37 bits per heavy atom. The van der Waals surface area contributed by atoms with Crippen LogP contribution in [0, 0.1) is 11.8 Å². The normalized spacial score (nSPS) is 29.9. The van der Waals surface area contributed by atoms with Gasteiger partial charge in [0.15, 0.2) is 23.8 Å². The van der Waals surface area contributed by atoms with Gasteiger partial charge in [-0.3, -0.25) is 19.2 Å². The summed E-state index contributed by atoms with van der Waals surface area (Å²) in [5.74, 6) is -6.98. The highest BCUT2D eigenvalue weighted by Gasteiger charge is 2.61. The molecule has 2 aromatic carbocycles. The van der Waals surface area contributed by atoms with Crippen molar-refractivity contribution in [2.45, 2.75) is 62.9 Å². The lowest BCUT2D eigenvalue weighted by Crippen LogP contribution is -2.59. The molecule has 0 aromatic heterocycles. The minimum Gasteiger partial charge on any atom is -0.506 e. The average molecular weight is 639 g/mol. The van der Waals surface area contributed by atoms with Gasteiger partial charge < -0.3 is 38.6 Å². The van der Waals surface area contributed by atoms with Gasteiger partial charge in [0.2, 0.25) is 11.2 Å². The number of hydrogen-bond acceptors (Lipinski definition) is 14. The molecule has 0 bridgehead atoms. The Hall–Kier alpha value is -5.14. The number of esters is 4. The number of methoxy groups -OCH3 is 2. The van der Waals surface area contributed by atoms with Gasteiger partial charge in [-0.15, -0.1) is 0 Å². The smallest absolute Gasteiger partial charge is 0.354 e. The zero-order valence-electron chi connectivity index (χ0n) is 25.2. The van der Waals surface area contributed by atoms with Gasteiger partial charge in [-0.1, -0.05) is 13.8 Å². The number of rotatable bonds is 5. The SMILES string of the molecule is COC(=O)[C@@]1([C@@H]2OC(=O)C[C@H]2C)CC(=O)c2c(ccc(-c3ccc4c(c3O)C(=O)C[C@@](C(=O)OC)([C@@H]3OC(=O)C[C@H]3C)O4)c2O)O1. The maximum atomic E-state index is 13.6. The van der Waals surface area contributed by atoms with Crippen molar-refractivity contribution < 1.29 is 67.4 Å². The van der Waals surface area contributed by atoms with E-state index in [0.29, 0.717) is 0 Å². The summed E-state index contributed by atoms with van der Waals surface area (Å²) >= 11 is 0. The Morgan fingerprint density at radius 2 is 1.07 bits per heavy atom. The molecule has 46 heavy (non-hydrogen) atoms. The summed E-state index contributed by atoms with van der Waals surface area (Å²) in [6, 6.07) is 5.23. The summed E-state index contributed by atoms with van der Waals surface area (Å²) < 4.78 is 32.7. The molecule has 0 spiro atoms. The van der Waals surface area contributed by atoms with Gasteiger partial charge in [-0.2, -0.15) is 0 Å². The van der Waals surface area contributed by atoms with E-state index in [1.807, 2.05) is 0 Å². The number of hydrogen-bond donors (Lipinski definition) is 2. The Kier molecular flexibility index (Phi) is 7.21. The van der Waals surface area contributed by atoms with Crippen LogP contribution >= 0.6 is 0 Å². The van der Waals surface area contributed by atoms with Crippen molar-refractivity contribution in [2.75, 3.05) is 14.2 Å². The van der Waals surface area contributed by atoms with Gasteiger partial charge >= 0.3 is 23.9 Å². The molecule has 4 heterocycles. The third-order valence-corrected chi connectivity index (χ3v) is 9.07. The van der Waals surface area contributed by atoms with Gasteiger partial charge in [0.25, 0.3) is 0 Å². The lowest BCUT2D eigenvalue weighted by atomic mass is 9.79. The van der Waals surface area contributed by atoms with Crippen LogP contribution < -0.4 is 9.47 Å². The van der Waals surface area contributed by atoms with E-state index < -0.39 is 95.0 Å². The topological polar surface area (TPSA) is 198 Å². The summed E-state index contributed by atoms with van der Waals surface area (Å²) in [7, 11) is 2.21. The highest BCUT2D eigenvalue weighted by molar-refractivity contribution is 6.10. The molecule has 2 aromatic rings. The number of fused-ring (bicyclic) bond motifs is 2. The van der Waals surface area contributed by atoms with Crippen LogP contribution in [0.4, 0.5) is 0 Å². The molecule has 2 saturated heterocycles. The fourth-order valence-corrected chi connectivity index (χ4v) is 6.99. The maximum Gasteiger partial charge on any atom is 0.354 e. The van der Waals surface area contributed by atoms with Crippen molar-refractivity contribution in [3.05, 3.63) is 35.4 Å². The lowest BCUT2D eigenvalue weighted by molar-refractivity contribution is -0.178. The van der Waals surface area contributed by atoms with Crippen molar-refractivity contribution in [3.63, 3.8) is 0 Å². The number of carbonyl (C=O) groups is 6. The summed E-state index contributed by atoms with van der Waals surface area (Å²) in [5, 5.41) is 22.6. The zero-order valence-corrected chi connectivity index (χ0v) is 25.2. The molecule has 0 saturated carbocycles.